The van der Waals surface area contributed by atoms with E-state index in [9.17, 15) is 14.4 Å². The standard InChI is InChI=1S/C73H128O6/c1-4-7-10-13-16-19-22-25-28-30-32-34-35-36-37-39-40-42-45-48-51-54-57-60-63-66-72(75)78-69-70(68-77-71(74)65-62-59-56-53-50-47-44-27-24-21-18-15-12-9-6-3)79-73(76)67-64-61-58-55-52-49-46-43-41-38-33-31-29-26-23-20-17-14-11-8-5-2/h9,12,18,21,23,26-27,30-33,44,50,53,70H,4-8,10-11,13-17,19-20,22,24-25,28-29,34-43,45-49,51-52,54-69H2,1-3H3/b12-9-,21-18-,26-23-,32-30-,33-31-,44-27-,53-50-. The van der Waals surface area contributed by atoms with Crippen LogP contribution in [0, 0.1) is 0 Å². The van der Waals surface area contributed by atoms with E-state index in [0.717, 1.165) is 89.9 Å². The minimum atomic E-state index is -0.798. The average molecular weight is 1100 g/mol. The van der Waals surface area contributed by atoms with Gasteiger partial charge in [0.15, 0.2) is 6.10 Å². The molecule has 456 valence electrons. The van der Waals surface area contributed by atoms with E-state index in [-0.39, 0.29) is 31.1 Å². The zero-order chi connectivity index (χ0) is 57.1. The van der Waals surface area contributed by atoms with Crippen LogP contribution in [0.15, 0.2) is 85.1 Å². The second-order valence-corrected chi connectivity index (χ2v) is 22.7. The van der Waals surface area contributed by atoms with Gasteiger partial charge in [0.05, 0.1) is 0 Å². The van der Waals surface area contributed by atoms with Crippen molar-refractivity contribution < 1.29 is 28.6 Å². The van der Waals surface area contributed by atoms with Crippen LogP contribution in [0.3, 0.4) is 0 Å². The maximum atomic E-state index is 12.9. The lowest BCUT2D eigenvalue weighted by Gasteiger charge is -2.18. The number of ether oxygens (including phenoxy) is 3. The van der Waals surface area contributed by atoms with E-state index in [1.165, 1.54) is 212 Å². The van der Waals surface area contributed by atoms with Gasteiger partial charge in [-0.05, 0) is 116 Å². The Bertz CT molecular complexity index is 1500. The van der Waals surface area contributed by atoms with Gasteiger partial charge in [-0.1, -0.05) is 292 Å². The monoisotopic (exact) mass is 1100 g/mol. The lowest BCUT2D eigenvalue weighted by molar-refractivity contribution is -0.167. The van der Waals surface area contributed by atoms with Crippen molar-refractivity contribution in [1.29, 1.82) is 0 Å². The van der Waals surface area contributed by atoms with Crippen LogP contribution in [-0.4, -0.2) is 37.2 Å². The lowest BCUT2D eigenvalue weighted by Crippen LogP contribution is -2.30. The summed E-state index contributed by atoms with van der Waals surface area (Å²) in [6, 6.07) is 0. The highest BCUT2D eigenvalue weighted by molar-refractivity contribution is 5.71. The van der Waals surface area contributed by atoms with Crippen LogP contribution in [0.1, 0.15) is 342 Å². The number of hydrogen-bond acceptors (Lipinski definition) is 6. The van der Waals surface area contributed by atoms with Crippen molar-refractivity contribution in [2.75, 3.05) is 13.2 Å². The van der Waals surface area contributed by atoms with Crippen LogP contribution in [-0.2, 0) is 28.6 Å². The van der Waals surface area contributed by atoms with Gasteiger partial charge in [0.1, 0.15) is 13.2 Å². The van der Waals surface area contributed by atoms with Gasteiger partial charge in [-0.15, -0.1) is 0 Å². The van der Waals surface area contributed by atoms with Crippen molar-refractivity contribution in [3.63, 3.8) is 0 Å². The summed E-state index contributed by atoms with van der Waals surface area (Å²) in [6.07, 6.45) is 88.9. The van der Waals surface area contributed by atoms with E-state index < -0.39 is 6.10 Å². The second-order valence-electron chi connectivity index (χ2n) is 22.7. The topological polar surface area (TPSA) is 78.9 Å². The van der Waals surface area contributed by atoms with Crippen LogP contribution in [0.2, 0.25) is 0 Å². The van der Waals surface area contributed by atoms with Crippen LogP contribution >= 0.6 is 0 Å². The minimum absolute atomic E-state index is 0.0899. The van der Waals surface area contributed by atoms with Crippen molar-refractivity contribution in [2.24, 2.45) is 0 Å². The van der Waals surface area contributed by atoms with Gasteiger partial charge < -0.3 is 14.2 Å². The van der Waals surface area contributed by atoms with Gasteiger partial charge in [-0.25, -0.2) is 0 Å². The molecule has 0 amide bonds. The zero-order valence-corrected chi connectivity index (χ0v) is 52.4. The van der Waals surface area contributed by atoms with Crippen molar-refractivity contribution in [2.45, 2.75) is 348 Å². The molecule has 0 rings (SSSR count). The maximum Gasteiger partial charge on any atom is 0.306 e. The number of carbonyl (C=O) groups excluding carboxylic acids is 3. The molecule has 0 fully saturated rings. The third kappa shape index (κ3) is 65.3. The molecule has 0 bridgehead atoms. The van der Waals surface area contributed by atoms with E-state index in [4.69, 9.17) is 14.2 Å². The summed E-state index contributed by atoms with van der Waals surface area (Å²) in [6.45, 7) is 6.52. The van der Waals surface area contributed by atoms with Crippen LogP contribution < -0.4 is 0 Å². The first-order valence-electron chi connectivity index (χ1n) is 34.1. The highest BCUT2D eigenvalue weighted by Crippen LogP contribution is 2.17. The second kappa shape index (κ2) is 67.1. The Hall–Kier alpha value is -3.41. The Morgan fingerprint density at radius 3 is 0.810 bits per heavy atom. The van der Waals surface area contributed by atoms with Crippen molar-refractivity contribution >= 4 is 17.9 Å². The molecule has 1 atom stereocenters. The van der Waals surface area contributed by atoms with Gasteiger partial charge in [-0.3, -0.25) is 14.4 Å². The Balaban J connectivity index is 4.34. The normalized spacial score (nSPS) is 12.6. The highest BCUT2D eigenvalue weighted by Gasteiger charge is 2.19. The molecule has 79 heavy (non-hydrogen) atoms. The van der Waals surface area contributed by atoms with Crippen molar-refractivity contribution in [3.8, 4) is 0 Å². The Morgan fingerprint density at radius 2 is 0.494 bits per heavy atom. The largest absolute Gasteiger partial charge is 0.462 e. The molecular weight excluding hydrogens is 973 g/mol. The Labute approximate surface area is 490 Å². The van der Waals surface area contributed by atoms with E-state index in [1.807, 2.05) is 0 Å². The van der Waals surface area contributed by atoms with Crippen LogP contribution in [0.4, 0.5) is 0 Å². The first-order valence-corrected chi connectivity index (χ1v) is 34.1. The molecule has 0 aromatic rings. The van der Waals surface area contributed by atoms with Gasteiger partial charge in [0, 0.05) is 19.3 Å². The third-order valence-electron chi connectivity index (χ3n) is 14.9. The molecule has 1 unspecified atom stereocenters. The molecule has 6 heteroatoms. The molecule has 0 saturated heterocycles. The maximum absolute atomic E-state index is 12.9. The number of rotatable bonds is 62. The predicted molar refractivity (Wildman–Crippen MR) is 344 cm³/mol. The fraction of sp³-hybridized carbons (Fsp3) is 0.767. The lowest BCUT2D eigenvalue weighted by atomic mass is 10.0. The number of hydrogen-bond donors (Lipinski definition) is 0. The SMILES string of the molecule is CC/C=C\C/C=C\C/C=C\C/C=C\CCCCC(=O)OCC(COC(=O)CCCCCCCCCCCCCCC/C=C\CCCCCCCCCC)OC(=O)CCCCCCCCCCC/C=C\C/C=C\CCCCCCC. The smallest absolute Gasteiger partial charge is 0.306 e. The summed E-state index contributed by atoms with van der Waals surface area (Å²) in [7, 11) is 0. The predicted octanol–water partition coefficient (Wildman–Crippen LogP) is 23.4. The van der Waals surface area contributed by atoms with Crippen molar-refractivity contribution in [3.05, 3.63) is 85.1 Å². The molecule has 0 aliphatic heterocycles. The van der Waals surface area contributed by atoms with Crippen LogP contribution in [0.25, 0.3) is 0 Å². The summed E-state index contributed by atoms with van der Waals surface area (Å²) in [5.74, 6) is -0.923. The van der Waals surface area contributed by atoms with E-state index in [1.54, 1.807) is 0 Å². The van der Waals surface area contributed by atoms with E-state index in [0.29, 0.717) is 19.3 Å². The van der Waals surface area contributed by atoms with Crippen LogP contribution in [0.5, 0.6) is 0 Å². The molecule has 0 aromatic carbocycles. The quantitative estimate of drug-likeness (QED) is 0.0261. The van der Waals surface area contributed by atoms with E-state index >= 15 is 0 Å². The fourth-order valence-electron chi connectivity index (χ4n) is 9.76. The highest BCUT2D eigenvalue weighted by atomic mass is 16.6. The van der Waals surface area contributed by atoms with Gasteiger partial charge in [0.25, 0.3) is 0 Å². The summed E-state index contributed by atoms with van der Waals surface area (Å²) in [5.41, 5.74) is 0. The summed E-state index contributed by atoms with van der Waals surface area (Å²) < 4.78 is 16.9. The molecule has 6 nitrogen and oxygen atoms in total. The molecule has 0 heterocycles. The number of unbranched alkanes of at least 4 members (excludes halogenated alkanes) is 37. The molecule has 0 saturated carbocycles. The summed E-state index contributed by atoms with van der Waals surface area (Å²) >= 11 is 0. The summed E-state index contributed by atoms with van der Waals surface area (Å²) in [4.78, 5) is 38.4. The minimum Gasteiger partial charge on any atom is -0.462 e. The molecule has 0 radical (unpaired) electrons. The van der Waals surface area contributed by atoms with Gasteiger partial charge >= 0.3 is 17.9 Å². The fourth-order valence-corrected chi connectivity index (χ4v) is 9.76. The molecule has 0 spiro atoms. The molecule has 0 aromatic heterocycles. The van der Waals surface area contributed by atoms with Gasteiger partial charge in [-0.2, -0.15) is 0 Å². The number of carbonyl (C=O) groups is 3. The van der Waals surface area contributed by atoms with Crippen molar-refractivity contribution in [1.82, 2.24) is 0 Å². The Morgan fingerprint density at radius 1 is 0.266 bits per heavy atom. The molecule has 0 N–H and O–H groups in total. The molecule has 0 aliphatic rings. The number of allylic oxidation sites excluding steroid dienone is 14. The third-order valence-corrected chi connectivity index (χ3v) is 14.9. The summed E-state index contributed by atoms with van der Waals surface area (Å²) in [5, 5.41) is 0. The first-order chi connectivity index (χ1) is 39.0. The zero-order valence-electron chi connectivity index (χ0n) is 52.4. The number of esters is 3. The van der Waals surface area contributed by atoms with E-state index in [2.05, 4.69) is 106 Å². The first kappa shape index (κ1) is 75.6. The molecular formula is C73H128O6. The average Bonchev–Trinajstić information content (AvgIpc) is 3.45. The Kier molecular flexibility index (Phi) is 64.2. The molecule has 0 aliphatic carbocycles. The van der Waals surface area contributed by atoms with Gasteiger partial charge in [0.2, 0.25) is 0 Å².